The van der Waals surface area contributed by atoms with E-state index in [-0.39, 0.29) is 17.9 Å². The quantitative estimate of drug-likeness (QED) is 0.823. The third-order valence-electron chi connectivity index (χ3n) is 4.22. The second-order valence-corrected chi connectivity index (χ2v) is 5.93. The van der Waals surface area contributed by atoms with Gasteiger partial charge in [-0.2, -0.15) is 0 Å². The van der Waals surface area contributed by atoms with Crippen LogP contribution >= 0.6 is 0 Å². The lowest BCUT2D eigenvalue weighted by molar-refractivity contribution is -0.127. The summed E-state index contributed by atoms with van der Waals surface area (Å²) in [5.74, 6) is 0.288. The largest absolute Gasteiger partial charge is 0.353 e. The Bertz CT molecular complexity index is 330. The number of urea groups is 1. The van der Waals surface area contributed by atoms with E-state index in [0.717, 1.165) is 25.7 Å². The summed E-state index contributed by atoms with van der Waals surface area (Å²) in [5.41, 5.74) is 0. The van der Waals surface area contributed by atoms with Gasteiger partial charge < -0.3 is 15.1 Å². The molecule has 1 aliphatic heterocycles. The molecule has 2 aliphatic rings. The first-order valence-electron chi connectivity index (χ1n) is 7.34. The monoisotopic (exact) mass is 267 g/mol. The van der Waals surface area contributed by atoms with Crippen molar-refractivity contribution < 1.29 is 9.59 Å². The van der Waals surface area contributed by atoms with Gasteiger partial charge in [-0.1, -0.05) is 12.8 Å². The van der Waals surface area contributed by atoms with Gasteiger partial charge in [-0.15, -0.1) is 0 Å². The van der Waals surface area contributed by atoms with Gasteiger partial charge in [0.25, 0.3) is 0 Å². The van der Waals surface area contributed by atoms with Crippen LogP contribution in [0.4, 0.5) is 4.79 Å². The average molecular weight is 267 g/mol. The Labute approximate surface area is 115 Å². The van der Waals surface area contributed by atoms with Gasteiger partial charge in [-0.25, -0.2) is 4.79 Å². The Balaban J connectivity index is 1.76. The molecule has 1 saturated heterocycles. The first-order chi connectivity index (χ1) is 9.08. The topological polar surface area (TPSA) is 52.7 Å². The summed E-state index contributed by atoms with van der Waals surface area (Å²) in [7, 11) is 3.53. The molecule has 1 aliphatic carbocycles. The lowest BCUT2D eigenvalue weighted by atomic mass is 9.95. The standard InChI is InChI=1S/C14H25N3O2/c1-16(2)14(19)17-9-7-11(8-10-17)13(18)15-12-5-3-4-6-12/h11-12H,3-10H2,1-2H3,(H,15,18). The van der Waals surface area contributed by atoms with E-state index in [1.54, 1.807) is 19.0 Å². The fourth-order valence-electron chi connectivity index (χ4n) is 3.00. The molecular formula is C14H25N3O2. The maximum absolute atomic E-state index is 12.1. The maximum atomic E-state index is 12.1. The zero-order valence-electron chi connectivity index (χ0n) is 12.0. The van der Waals surface area contributed by atoms with Crippen LogP contribution in [0, 0.1) is 5.92 Å². The zero-order chi connectivity index (χ0) is 13.8. The van der Waals surface area contributed by atoms with Crippen molar-refractivity contribution in [2.45, 2.75) is 44.6 Å². The normalized spacial score (nSPS) is 21.5. The molecule has 3 amide bonds. The number of nitrogens with one attached hydrogen (secondary N) is 1. The zero-order valence-corrected chi connectivity index (χ0v) is 12.0. The predicted octanol–water partition coefficient (Wildman–Crippen LogP) is 1.44. The smallest absolute Gasteiger partial charge is 0.319 e. The third-order valence-corrected chi connectivity index (χ3v) is 4.22. The summed E-state index contributed by atoms with van der Waals surface area (Å²) in [6, 6.07) is 0.448. The lowest BCUT2D eigenvalue weighted by Gasteiger charge is -2.33. The van der Waals surface area contributed by atoms with E-state index in [1.165, 1.54) is 12.8 Å². The molecular weight excluding hydrogens is 242 g/mol. The van der Waals surface area contributed by atoms with E-state index >= 15 is 0 Å². The second-order valence-electron chi connectivity index (χ2n) is 5.93. The van der Waals surface area contributed by atoms with Crippen LogP contribution in [0.1, 0.15) is 38.5 Å². The molecule has 0 unspecified atom stereocenters. The van der Waals surface area contributed by atoms with Crippen LogP contribution in [0.25, 0.3) is 0 Å². The van der Waals surface area contributed by atoms with Crippen molar-refractivity contribution in [3.63, 3.8) is 0 Å². The highest BCUT2D eigenvalue weighted by molar-refractivity contribution is 5.80. The van der Waals surface area contributed by atoms with E-state index in [4.69, 9.17) is 0 Å². The summed E-state index contributed by atoms with van der Waals surface area (Å²) in [6.07, 6.45) is 6.31. The summed E-state index contributed by atoms with van der Waals surface area (Å²) in [4.78, 5) is 27.4. The number of hydrogen-bond donors (Lipinski definition) is 1. The predicted molar refractivity (Wildman–Crippen MR) is 73.8 cm³/mol. The Morgan fingerprint density at radius 1 is 1.05 bits per heavy atom. The molecule has 0 aromatic heterocycles. The van der Waals surface area contributed by atoms with Crippen molar-refractivity contribution in [3.8, 4) is 0 Å². The molecule has 19 heavy (non-hydrogen) atoms. The van der Waals surface area contributed by atoms with Crippen LogP contribution in [0.15, 0.2) is 0 Å². The average Bonchev–Trinajstić information content (AvgIpc) is 2.90. The Kier molecular flexibility index (Phi) is 4.66. The Hall–Kier alpha value is -1.26. The van der Waals surface area contributed by atoms with E-state index in [0.29, 0.717) is 19.1 Å². The number of likely N-dealkylation sites (tertiary alicyclic amines) is 1. The van der Waals surface area contributed by atoms with E-state index in [1.807, 2.05) is 4.90 Å². The maximum Gasteiger partial charge on any atom is 0.319 e. The SMILES string of the molecule is CN(C)C(=O)N1CCC(C(=O)NC2CCCC2)CC1. The summed E-state index contributed by atoms with van der Waals surface area (Å²) < 4.78 is 0. The minimum absolute atomic E-state index is 0.0506. The molecule has 0 bridgehead atoms. The molecule has 2 rings (SSSR count). The highest BCUT2D eigenvalue weighted by atomic mass is 16.2. The van der Waals surface area contributed by atoms with Crippen LogP contribution in [0.5, 0.6) is 0 Å². The van der Waals surface area contributed by atoms with E-state index in [9.17, 15) is 9.59 Å². The molecule has 1 N–H and O–H groups in total. The minimum atomic E-state index is 0.0506. The molecule has 0 radical (unpaired) electrons. The molecule has 0 aromatic rings. The van der Waals surface area contributed by atoms with Crippen molar-refractivity contribution in [2.75, 3.05) is 27.2 Å². The Morgan fingerprint density at radius 2 is 1.63 bits per heavy atom. The molecule has 1 saturated carbocycles. The third kappa shape index (κ3) is 3.61. The van der Waals surface area contributed by atoms with Crippen molar-refractivity contribution in [3.05, 3.63) is 0 Å². The summed E-state index contributed by atoms with van der Waals surface area (Å²) in [6.45, 7) is 1.39. The molecule has 1 heterocycles. The van der Waals surface area contributed by atoms with E-state index < -0.39 is 0 Å². The highest BCUT2D eigenvalue weighted by Crippen LogP contribution is 2.21. The van der Waals surface area contributed by atoms with Gasteiger partial charge in [0.15, 0.2) is 0 Å². The fourth-order valence-corrected chi connectivity index (χ4v) is 3.00. The number of piperidine rings is 1. The second kappa shape index (κ2) is 6.26. The van der Waals surface area contributed by atoms with Crippen molar-refractivity contribution in [1.29, 1.82) is 0 Å². The van der Waals surface area contributed by atoms with Crippen molar-refractivity contribution in [1.82, 2.24) is 15.1 Å². The first-order valence-corrected chi connectivity index (χ1v) is 7.34. The molecule has 5 nitrogen and oxygen atoms in total. The van der Waals surface area contributed by atoms with Gasteiger partial charge in [0.1, 0.15) is 0 Å². The molecule has 108 valence electrons. The van der Waals surface area contributed by atoms with Gasteiger partial charge in [-0.3, -0.25) is 4.79 Å². The number of carbonyl (C=O) groups is 2. The van der Waals surface area contributed by atoms with Crippen LogP contribution in [-0.4, -0.2) is 55.0 Å². The molecule has 2 fully saturated rings. The first kappa shape index (κ1) is 14.2. The van der Waals surface area contributed by atoms with Crippen LogP contribution < -0.4 is 5.32 Å². The summed E-state index contributed by atoms with van der Waals surface area (Å²) in [5, 5.41) is 3.16. The van der Waals surface area contributed by atoms with Crippen LogP contribution in [0.2, 0.25) is 0 Å². The van der Waals surface area contributed by atoms with Gasteiger partial charge in [-0.05, 0) is 25.7 Å². The molecule has 5 heteroatoms. The van der Waals surface area contributed by atoms with Gasteiger partial charge in [0.2, 0.25) is 5.91 Å². The number of hydrogen-bond acceptors (Lipinski definition) is 2. The lowest BCUT2D eigenvalue weighted by Crippen LogP contribution is -2.47. The molecule has 0 spiro atoms. The number of nitrogens with zero attached hydrogens (tertiary/aromatic N) is 2. The minimum Gasteiger partial charge on any atom is -0.353 e. The Morgan fingerprint density at radius 3 is 2.16 bits per heavy atom. The van der Waals surface area contributed by atoms with Gasteiger partial charge in [0.05, 0.1) is 0 Å². The van der Waals surface area contributed by atoms with Crippen LogP contribution in [-0.2, 0) is 4.79 Å². The molecule has 0 atom stereocenters. The van der Waals surface area contributed by atoms with Gasteiger partial charge in [0, 0.05) is 39.1 Å². The fraction of sp³-hybridized carbons (Fsp3) is 0.857. The number of rotatable bonds is 2. The molecule has 0 aromatic carbocycles. The summed E-state index contributed by atoms with van der Waals surface area (Å²) >= 11 is 0. The van der Waals surface area contributed by atoms with E-state index in [2.05, 4.69) is 5.32 Å². The van der Waals surface area contributed by atoms with Gasteiger partial charge >= 0.3 is 6.03 Å². The number of amides is 3. The van der Waals surface area contributed by atoms with Crippen LogP contribution in [0.3, 0.4) is 0 Å². The van der Waals surface area contributed by atoms with Crippen molar-refractivity contribution in [2.24, 2.45) is 5.92 Å². The highest BCUT2D eigenvalue weighted by Gasteiger charge is 2.29. The van der Waals surface area contributed by atoms with Crippen molar-refractivity contribution >= 4 is 11.9 Å². The number of carbonyl (C=O) groups excluding carboxylic acids is 2.